The number of phenolic OH excluding ortho intramolecular Hbond substituents is 1. The first-order valence-electron chi connectivity index (χ1n) is 17.5. The van der Waals surface area contributed by atoms with Crippen LogP contribution < -0.4 is 10.5 Å². The molecule has 5 rings (SSSR count). The molecule has 6 atom stereocenters. The number of rotatable bonds is 14. The number of phenols is 1. The second-order valence-corrected chi connectivity index (χ2v) is 13.5. The molecule has 7 nitrogen and oxygen atoms in total. The van der Waals surface area contributed by atoms with Gasteiger partial charge in [-0.3, -0.25) is 0 Å². The number of aliphatic hydroxyl groups excluding tert-OH is 2. The molecule has 0 aliphatic heterocycles. The topological polar surface area (TPSA) is 125 Å². The first-order chi connectivity index (χ1) is 23.4. The summed E-state index contributed by atoms with van der Waals surface area (Å²) < 4.78 is 6.11. The Labute approximate surface area is 285 Å². The fraction of sp³-hybridized carbons (Fsp3) is 0.439. The molecule has 2 aromatic heterocycles. The predicted molar refractivity (Wildman–Crippen MR) is 192 cm³/mol. The van der Waals surface area contributed by atoms with Gasteiger partial charge in [-0.2, -0.15) is 0 Å². The lowest BCUT2D eigenvalue weighted by Gasteiger charge is -2.28. The molecule has 1 aliphatic carbocycles. The number of hydrogen-bond acceptors (Lipinski definition) is 6. The number of nitrogens with zero attached hydrogens (tertiary/aromatic N) is 1. The number of anilines is 1. The molecule has 7 heteroatoms. The molecule has 2 heterocycles. The van der Waals surface area contributed by atoms with E-state index in [1.165, 1.54) is 5.56 Å². The van der Waals surface area contributed by atoms with Crippen molar-refractivity contribution in [3.63, 3.8) is 0 Å². The molecule has 0 fully saturated rings. The van der Waals surface area contributed by atoms with E-state index in [9.17, 15) is 15.3 Å². The average Bonchev–Trinajstić information content (AvgIpc) is 3.61. The Bertz CT molecular complexity index is 1600. The second kappa shape index (κ2) is 17.8. The molecule has 0 radical (unpaired) electrons. The van der Waals surface area contributed by atoms with E-state index in [0.29, 0.717) is 55.7 Å². The largest absolute Gasteiger partial charge is 0.504 e. The molecule has 0 spiro atoms. The number of nitrogens with two attached hydrogens (primary N) is 1. The Morgan fingerprint density at radius 1 is 0.979 bits per heavy atom. The van der Waals surface area contributed by atoms with Crippen molar-refractivity contribution in [2.75, 3.05) is 12.3 Å². The lowest BCUT2D eigenvalue weighted by Crippen LogP contribution is -2.32. The summed E-state index contributed by atoms with van der Waals surface area (Å²) in [4.78, 5) is 7.42. The van der Waals surface area contributed by atoms with Crippen molar-refractivity contribution in [2.24, 2.45) is 17.8 Å². The molecule has 6 N–H and O–H groups in total. The zero-order chi connectivity index (χ0) is 33.7. The van der Waals surface area contributed by atoms with Crippen molar-refractivity contribution in [1.82, 2.24) is 9.97 Å². The zero-order valence-electron chi connectivity index (χ0n) is 28.1. The summed E-state index contributed by atoms with van der Waals surface area (Å²) in [5.41, 5.74) is 10.5. The second-order valence-electron chi connectivity index (χ2n) is 13.5. The summed E-state index contributed by atoms with van der Waals surface area (Å²) in [6, 6.07) is 23.9. The van der Waals surface area contributed by atoms with E-state index in [4.69, 9.17) is 10.5 Å². The number of nitrogen functional groups attached to an aromatic ring is 1. The molecule has 4 aromatic rings. The SMILES string of the molecule is C[C@H](Cc1ccccc1)[C@@H]1C#CC[C@H]([C@H](O)CCc2ccc(O)c(OCC[C@H](Cc3ccc[nH]3)c3ccnc(N)c3)c2)[C@@H](O)CCCC1. The van der Waals surface area contributed by atoms with Crippen molar-refractivity contribution in [3.05, 3.63) is 108 Å². The third-order valence-corrected chi connectivity index (χ3v) is 9.85. The number of aromatic hydroxyl groups is 1. The van der Waals surface area contributed by atoms with Gasteiger partial charge in [-0.05, 0) is 110 Å². The van der Waals surface area contributed by atoms with Gasteiger partial charge in [0, 0.05) is 36.3 Å². The summed E-state index contributed by atoms with van der Waals surface area (Å²) in [5, 5.41) is 32.9. The van der Waals surface area contributed by atoms with E-state index < -0.39 is 12.2 Å². The fourth-order valence-electron chi connectivity index (χ4n) is 6.93. The number of H-pyrrole nitrogens is 1. The lowest BCUT2D eigenvalue weighted by molar-refractivity contribution is 0.00552. The van der Waals surface area contributed by atoms with Crippen molar-refractivity contribution in [1.29, 1.82) is 0 Å². The monoisotopic (exact) mass is 649 g/mol. The van der Waals surface area contributed by atoms with Crippen LogP contribution in [0.15, 0.2) is 85.2 Å². The summed E-state index contributed by atoms with van der Waals surface area (Å²) in [6.07, 6.45) is 10.1. The Kier molecular flexibility index (Phi) is 13.0. The van der Waals surface area contributed by atoms with Crippen molar-refractivity contribution in [3.8, 4) is 23.3 Å². The van der Waals surface area contributed by atoms with Crippen molar-refractivity contribution < 1.29 is 20.1 Å². The minimum absolute atomic E-state index is 0.0856. The van der Waals surface area contributed by atoms with Gasteiger partial charge in [0.15, 0.2) is 11.5 Å². The van der Waals surface area contributed by atoms with Gasteiger partial charge in [-0.15, -0.1) is 5.92 Å². The number of aryl methyl sites for hydroxylation is 1. The first kappa shape index (κ1) is 35.1. The summed E-state index contributed by atoms with van der Waals surface area (Å²) in [5.74, 6) is 8.50. The average molecular weight is 650 g/mol. The van der Waals surface area contributed by atoms with Crippen LogP contribution in [0.5, 0.6) is 11.5 Å². The molecular formula is C41H51N3O4. The summed E-state index contributed by atoms with van der Waals surface area (Å²) in [6.45, 7) is 2.69. The molecular weight excluding hydrogens is 598 g/mol. The molecule has 0 bridgehead atoms. The maximum Gasteiger partial charge on any atom is 0.161 e. The van der Waals surface area contributed by atoms with Crippen LogP contribution in [-0.2, 0) is 19.3 Å². The van der Waals surface area contributed by atoms with Crippen molar-refractivity contribution >= 4 is 5.82 Å². The number of aromatic nitrogens is 2. The minimum Gasteiger partial charge on any atom is -0.504 e. The van der Waals surface area contributed by atoms with Gasteiger partial charge in [-0.1, -0.05) is 62.1 Å². The van der Waals surface area contributed by atoms with Gasteiger partial charge in [0.25, 0.3) is 0 Å². The number of hydrogen-bond donors (Lipinski definition) is 5. The van der Waals surface area contributed by atoms with Gasteiger partial charge in [0.1, 0.15) is 5.82 Å². The van der Waals surface area contributed by atoms with E-state index in [0.717, 1.165) is 55.3 Å². The van der Waals surface area contributed by atoms with E-state index in [1.807, 2.05) is 42.6 Å². The predicted octanol–water partition coefficient (Wildman–Crippen LogP) is 7.23. The van der Waals surface area contributed by atoms with E-state index in [-0.39, 0.29) is 17.6 Å². The number of ether oxygens (including phenoxy) is 1. The van der Waals surface area contributed by atoms with Gasteiger partial charge < -0.3 is 30.8 Å². The third-order valence-electron chi connectivity index (χ3n) is 9.85. The van der Waals surface area contributed by atoms with Crippen LogP contribution in [0.2, 0.25) is 0 Å². The Hall–Kier alpha value is -4.25. The number of aliphatic hydroxyl groups is 2. The Balaban J connectivity index is 1.17. The number of aromatic amines is 1. The van der Waals surface area contributed by atoms with Crippen LogP contribution >= 0.6 is 0 Å². The standard InChI is InChI=1S/C41H51N3O4/c1-29(25-30-9-3-2-4-10-30)32-11-5-6-15-37(45)36(14-7-12-32)38(46)18-16-31-17-19-39(47)40(26-31)48-24-21-34(27-35-13-8-22-43-35)33-20-23-44-41(42)28-33/h2-4,8-10,13,17,19-20,22-23,26,28-29,32,34,36-38,43,45-47H,5-6,11,14-16,18,21,24-25,27H2,1H3,(H2,42,44)/t29-,32+,34-,36+,37+,38-/m1/s1. The number of benzene rings is 2. The fourth-order valence-corrected chi connectivity index (χ4v) is 6.93. The number of nitrogens with one attached hydrogen (secondary N) is 1. The minimum atomic E-state index is -0.686. The molecule has 48 heavy (non-hydrogen) atoms. The molecule has 0 saturated carbocycles. The van der Waals surface area contributed by atoms with Crippen LogP contribution in [0.4, 0.5) is 5.82 Å². The van der Waals surface area contributed by atoms with Gasteiger partial charge in [0.05, 0.1) is 18.8 Å². The van der Waals surface area contributed by atoms with Crippen LogP contribution in [-0.4, -0.2) is 44.1 Å². The lowest BCUT2D eigenvalue weighted by atomic mass is 9.82. The maximum absolute atomic E-state index is 11.3. The smallest absolute Gasteiger partial charge is 0.161 e. The molecule has 1 aliphatic rings. The van der Waals surface area contributed by atoms with Crippen LogP contribution in [0.3, 0.4) is 0 Å². The van der Waals surface area contributed by atoms with Crippen LogP contribution in [0.25, 0.3) is 0 Å². The van der Waals surface area contributed by atoms with Crippen LogP contribution in [0, 0.1) is 29.6 Å². The van der Waals surface area contributed by atoms with Gasteiger partial charge >= 0.3 is 0 Å². The molecule has 0 unspecified atom stereocenters. The first-order valence-corrected chi connectivity index (χ1v) is 17.5. The molecule has 0 amide bonds. The molecule has 0 saturated heterocycles. The van der Waals surface area contributed by atoms with E-state index in [1.54, 1.807) is 12.3 Å². The maximum atomic E-state index is 11.3. The Morgan fingerprint density at radius 3 is 2.60 bits per heavy atom. The van der Waals surface area contributed by atoms with Gasteiger partial charge in [0.2, 0.25) is 0 Å². The highest BCUT2D eigenvalue weighted by molar-refractivity contribution is 5.42. The van der Waals surface area contributed by atoms with Crippen LogP contribution in [0.1, 0.15) is 80.2 Å². The van der Waals surface area contributed by atoms with Gasteiger partial charge in [-0.25, -0.2) is 4.98 Å². The van der Waals surface area contributed by atoms with E-state index in [2.05, 4.69) is 59.1 Å². The summed E-state index contributed by atoms with van der Waals surface area (Å²) >= 11 is 0. The highest BCUT2D eigenvalue weighted by Crippen LogP contribution is 2.31. The zero-order valence-corrected chi connectivity index (χ0v) is 28.1. The Morgan fingerprint density at radius 2 is 1.81 bits per heavy atom. The highest BCUT2D eigenvalue weighted by Gasteiger charge is 2.27. The van der Waals surface area contributed by atoms with Crippen molar-refractivity contribution in [2.45, 2.75) is 89.3 Å². The molecule has 2 aromatic carbocycles. The highest BCUT2D eigenvalue weighted by atomic mass is 16.5. The summed E-state index contributed by atoms with van der Waals surface area (Å²) in [7, 11) is 0. The third kappa shape index (κ3) is 10.4. The molecule has 254 valence electrons. The normalized spacial score (nSPS) is 20.2. The number of pyridine rings is 1. The quantitative estimate of drug-likeness (QED) is 0.0919. The van der Waals surface area contributed by atoms with E-state index >= 15 is 0 Å².